The molecule has 6 heteroatoms. The maximum atomic E-state index is 13.4. The molecule has 1 heterocycles. The summed E-state index contributed by atoms with van der Waals surface area (Å²) in [6.45, 7) is 12.3. The van der Waals surface area contributed by atoms with Crippen LogP contribution < -0.4 is 4.90 Å². The van der Waals surface area contributed by atoms with Gasteiger partial charge in [-0.25, -0.2) is 9.07 Å². The zero-order valence-electron chi connectivity index (χ0n) is 17.9. The van der Waals surface area contributed by atoms with E-state index < -0.39 is 0 Å². The largest absolute Gasteiger partial charge is 0.318 e. The Bertz CT molecular complexity index is 897. The van der Waals surface area contributed by atoms with Crippen molar-refractivity contribution in [1.29, 1.82) is 0 Å². The quantitative estimate of drug-likeness (QED) is 0.664. The van der Waals surface area contributed by atoms with E-state index in [0.29, 0.717) is 5.92 Å². The van der Waals surface area contributed by atoms with E-state index in [0.717, 1.165) is 24.5 Å². The Morgan fingerprint density at radius 1 is 0.931 bits per heavy atom. The van der Waals surface area contributed by atoms with Crippen LogP contribution in [0, 0.1) is 11.7 Å². The molecule has 3 aromatic rings. The van der Waals surface area contributed by atoms with Gasteiger partial charge < -0.3 is 4.90 Å². The molecule has 0 aliphatic rings. The third kappa shape index (κ3) is 5.26. The van der Waals surface area contributed by atoms with E-state index in [2.05, 4.69) is 74.4 Å². The Kier molecular flexibility index (Phi) is 6.42. The molecule has 1 aromatic heterocycles. The molecule has 0 amide bonds. The van der Waals surface area contributed by atoms with Gasteiger partial charge in [0.05, 0.1) is 5.54 Å². The number of rotatable bonds is 7. The van der Waals surface area contributed by atoms with Crippen molar-refractivity contribution in [2.75, 3.05) is 0 Å². The van der Waals surface area contributed by atoms with Crippen LogP contribution in [0.15, 0.2) is 54.6 Å². The second-order valence-electron chi connectivity index (χ2n) is 8.97. The van der Waals surface area contributed by atoms with Crippen LogP contribution in [-0.2, 0) is 18.6 Å². The first-order valence-electron chi connectivity index (χ1n) is 10.2. The highest BCUT2D eigenvalue weighted by molar-refractivity contribution is 5.16. The minimum absolute atomic E-state index is 0.0921. The molecule has 1 N–H and O–H groups in total. The number of aromatic nitrogens is 4. The second kappa shape index (κ2) is 8.82. The molecule has 0 saturated carbocycles. The summed E-state index contributed by atoms with van der Waals surface area (Å²) in [6.07, 6.45) is 0. The maximum absolute atomic E-state index is 13.4. The fraction of sp³-hybridized carbons (Fsp3) is 0.435. The molecule has 154 valence electrons. The van der Waals surface area contributed by atoms with Crippen LogP contribution in [0.25, 0.3) is 0 Å². The van der Waals surface area contributed by atoms with E-state index in [4.69, 9.17) is 0 Å². The van der Waals surface area contributed by atoms with Gasteiger partial charge in [0.15, 0.2) is 6.04 Å². The van der Waals surface area contributed by atoms with Gasteiger partial charge in [-0.2, -0.15) is 0 Å². The van der Waals surface area contributed by atoms with Crippen LogP contribution in [0.5, 0.6) is 0 Å². The first kappa shape index (κ1) is 21.1. The molecule has 2 atom stereocenters. The molecule has 5 nitrogen and oxygen atoms in total. The number of nitrogens with zero attached hydrogens (tertiary/aromatic N) is 4. The Hall–Kier alpha value is -2.60. The lowest BCUT2D eigenvalue weighted by molar-refractivity contribution is -0.962. The van der Waals surface area contributed by atoms with Gasteiger partial charge in [0.25, 0.3) is 0 Å². The van der Waals surface area contributed by atoms with Crippen LogP contribution in [0.2, 0.25) is 0 Å². The molecule has 2 aromatic carbocycles. The van der Waals surface area contributed by atoms with Crippen molar-refractivity contribution in [3.05, 3.63) is 77.4 Å². The number of quaternary nitrogens is 1. The smallest absolute Gasteiger partial charge is 0.210 e. The predicted molar refractivity (Wildman–Crippen MR) is 112 cm³/mol. The van der Waals surface area contributed by atoms with E-state index in [1.54, 1.807) is 0 Å². The van der Waals surface area contributed by atoms with Crippen LogP contribution in [0.4, 0.5) is 4.39 Å². The molecule has 29 heavy (non-hydrogen) atoms. The van der Waals surface area contributed by atoms with Crippen LogP contribution >= 0.6 is 0 Å². The number of nitrogens with one attached hydrogen (secondary N) is 1. The highest BCUT2D eigenvalue weighted by Crippen LogP contribution is 2.22. The predicted octanol–water partition coefficient (Wildman–Crippen LogP) is 3.55. The number of hydrogen-bond acceptors (Lipinski definition) is 3. The standard InChI is InChI=1S/C23H30FN5/c1-17(2)21(22-25-26-27-29(22)23(3,4)5)28(15-18-9-7-6-8-10-18)16-19-11-13-20(24)14-12-19/h6-14,17,21H,15-16H2,1-5H3/p+1/t21-/m1/s1. The van der Waals surface area contributed by atoms with Gasteiger partial charge in [-0.1, -0.05) is 56.3 Å². The van der Waals surface area contributed by atoms with Gasteiger partial charge >= 0.3 is 0 Å². The molecule has 0 spiro atoms. The van der Waals surface area contributed by atoms with Crippen molar-refractivity contribution in [1.82, 2.24) is 20.2 Å². The van der Waals surface area contributed by atoms with Crippen molar-refractivity contribution in [2.24, 2.45) is 5.92 Å². The zero-order chi connectivity index (χ0) is 21.0. The highest BCUT2D eigenvalue weighted by atomic mass is 19.1. The highest BCUT2D eigenvalue weighted by Gasteiger charge is 2.35. The summed E-state index contributed by atoms with van der Waals surface area (Å²) in [6, 6.07) is 17.3. The minimum Gasteiger partial charge on any atom is -0.318 e. The first-order chi connectivity index (χ1) is 13.8. The molecule has 0 fully saturated rings. The molecule has 3 rings (SSSR count). The van der Waals surface area contributed by atoms with Gasteiger partial charge in [-0.05, 0) is 43.3 Å². The average Bonchev–Trinajstić information content (AvgIpc) is 3.14. The summed E-state index contributed by atoms with van der Waals surface area (Å²) in [5, 5.41) is 12.7. The van der Waals surface area contributed by atoms with E-state index in [1.165, 1.54) is 22.6 Å². The van der Waals surface area contributed by atoms with Crippen molar-refractivity contribution in [3.8, 4) is 0 Å². The summed E-state index contributed by atoms with van der Waals surface area (Å²) in [5.41, 5.74) is 2.14. The van der Waals surface area contributed by atoms with Gasteiger partial charge in [-0.3, -0.25) is 0 Å². The SMILES string of the molecule is CC(C)[C@H](c1nnnn1C(C)(C)C)[NH+](Cc1ccccc1)Cc1ccc(F)cc1. The molecule has 0 aliphatic heterocycles. The van der Waals surface area contributed by atoms with Gasteiger partial charge in [0.2, 0.25) is 5.82 Å². The van der Waals surface area contributed by atoms with E-state index in [9.17, 15) is 4.39 Å². The summed E-state index contributed by atoms with van der Waals surface area (Å²) in [7, 11) is 0. The Labute approximate surface area is 172 Å². The van der Waals surface area contributed by atoms with Crippen LogP contribution in [0.1, 0.15) is 57.6 Å². The van der Waals surface area contributed by atoms with Crippen LogP contribution in [-0.4, -0.2) is 20.2 Å². The summed E-state index contributed by atoms with van der Waals surface area (Å²) in [5.74, 6) is 0.997. The number of halogens is 1. The van der Waals surface area contributed by atoms with Crippen molar-refractivity contribution in [3.63, 3.8) is 0 Å². The summed E-state index contributed by atoms with van der Waals surface area (Å²) >= 11 is 0. The number of benzene rings is 2. The molecule has 0 radical (unpaired) electrons. The van der Waals surface area contributed by atoms with Gasteiger partial charge in [0.1, 0.15) is 18.9 Å². The third-order valence-corrected chi connectivity index (χ3v) is 5.13. The fourth-order valence-electron chi connectivity index (χ4n) is 3.82. The van der Waals surface area contributed by atoms with E-state index in [1.807, 2.05) is 22.9 Å². The summed E-state index contributed by atoms with van der Waals surface area (Å²) < 4.78 is 15.4. The zero-order valence-corrected chi connectivity index (χ0v) is 17.9. The topological polar surface area (TPSA) is 48.0 Å². The lowest BCUT2D eigenvalue weighted by Crippen LogP contribution is -3.10. The monoisotopic (exact) mass is 396 g/mol. The van der Waals surface area contributed by atoms with Gasteiger partial charge in [-0.15, -0.1) is 5.10 Å². The van der Waals surface area contributed by atoms with Crippen molar-refractivity contribution in [2.45, 2.75) is 59.3 Å². The molecule has 1 unspecified atom stereocenters. The number of tetrazole rings is 1. The van der Waals surface area contributed by atoms with E-state index in [-0.39, 0.29) is 17.4 Å². The second-order valence-corrected chi connectivity index (χ2v) is 8.97. The molecule has 0 saturated heterocycles. The van der Waals surface area contributed by atoms with Crippen molar-refractivity contribution >= 4 is 0 Å². The lowest BCUT2D eigenvalue weighted by atomic mass is 9.98. The molecule has 0 aliphatic carbocycles. The average molecular weight is 397 g/mol. The fourth-order valence-corrected chi connectivity index (χ4v) is 3.82. The Morgan fingerprint density at radius 2 is 1.52 bits per heavy atom. The van der Waals surface area contributed by atoms with Crippen molar-refractivity contribution < 1.29 is 9.29 Å². The lowest BCUT2D eigenvalue weighted by Gasteiger charge is -2.32. The Balaban J connectivity index is 2.01. The van der Waals surface area contributed by atoms with E-state index >= 15 is 0 Å². The molecular formula is C23H31FN5+. The summed E-state index contributed by atoms with van der Waals surface area (Å²) in [4.78, 5) is 1.33. The number of hydrogen-bond donors (Lipinski definition) is 1. The molecule has 0 bridgehead atoms. The van der Waals surface area contributed by atoms with Crippen LogP contribution in [0.3, 0.4) is 0 Å². The molecular weight excluding hydrogens is 365 g/mol. The normalized spacial score (nSPS) is 14.2. The Morgan fingerprint density at radius 3 is 2.07 bits per heavy atom. The minimum atomic E-state index is -0.213. The van der Waals surface area contributed by atoms with Gasteiger partial charge in [0, 0.05) is 17.0 Å². The third-order valence-electron chi connectivity index (χ3n) is 5.13. The maximum Gasteiger partial charge on any atom is 0.210 e. The first-order valence-corrected chi connectivity index (χ1v) is 10.2.